The van der Waals surface area contributed by atoms with Crippen LogP contribution in [0.1, 0.15) is 15.9 Å². The van der Waals surface area contributed by atoms with Gasteiger partial charge in [0.1, 0.15) is 5.75 Å². The highest BCUT2D eigenvalue weighted by Crippen LogP contribution is 2.22. The third kappa shape index (κ3) is 2.47. The van der Waals surface area contributed by atoms with Crippen LogP contribution in [-0.4, -0.2) is 10.9 Å². The molecule has 0 radical (unpaired) electrons. The standard InChI is InChI=1S/C13H10BrNO2/c14-9-3-6-11(12(15)7-9)13(17)8-1-4-10(16)5-2-8/h1-7,16H,15H2. The Bertz CT molecular complexity index is 564. The van der Waals surface area contributed by atoms with E-state index in [0.29, 0.717) is 16.8 Å². The molecule has 0 spiro atoms. The zero-order valence-electron chi connectivity index (χ0n) is 8.85. The van der Waals surface area contributed by atoms with E-state index < -0.39 is 0 Å². The highest BCUT2D eigenvalue weighted by molar-refractivity contribution is 9.10. The Morgan fingerprint density at radius 1 is 1.12 bits per heavy atom. The Hall–Kier alpha value is -1.81. The lowest BCUT2D eigenvalue weighted by molar-refractivity contribution is 0.103. The van der Waals surface area contributed by atoms with E-state index in [1.165, 1.54) is 12.1 Å². The van der Waals surface area contributed by atoms with Crippen LogP contribution in [0.15, 0.2) is 46.9 Å². The number of anilines is 1. The van der Waals surface area contributed by atoms with Crippen LogP contribution >= 0.6 is 15.9 Å². The molecule has 0 amide bonds. The molecular formula is C13H10BrNO2. The fourth-order valence-corrected chi connectivity index (χ4v) is 1.89. The van der Waals surface area contributed by atoms with E-state index in [2.05, 4.69) is 15.9 Å². The minimum absolute atomic E-state index is 0.130. The van der Waals surface area contributed by atoms with Crippen LogP contribution < -0.4 is 5.73 Å². The van der Waals surface area contributed by atoms with E-state index >= 15 is 0 Å². The summed E-state index contributed by atoms with van der Waals surface area (Å²) in [6, 6.07) is 11.2. The first-order valence-electron chi connectivity index (χ1n) is 4.96. The van der Waals surface area contributed by atoms with Gasteiger partial charge in [0.05, 0.1) is 0 Å². The van der Waals surface area contributed by atoms with Crippen LogP contribution in [-0.2, 0) is 0 Å². The Morgan fingerprint density at radius 3 is 2.35 bits per heavy atom. The van der Waals surface area contributed by atoms with Gasteiger partial charge in [-0.15, -0.1) is 0 Å². The van der Waals surface area contributed by atoms with Crippen molar-refractivity contribution < 1.29 is 9.90 Å². The van der Waals surface area contributed by atoms with Crippen LogP contribution in [0, 0.1) is 0 Å². The normalized spacial score (nSPS) is 10.2. The summed E-state index contributed by atoms with van der Waals surface area (Å²) in [6.07, 6.45) is 0. The minimum atomic E-state index is -0.157. The second-order valence-electron chi connectivity index (χ2n) is 3.61. The number of carbonyl (C=O) groups is 1. The number of phenols is 1. The van der Waals surface area contributed by atoms with Crippen molar-refractivity contribution in [2.75, 3.05) is 5.73 Å². The zero-order chi connectivity index (χ0) is 12.4. The average molecular weight is 292 g/mol. The zero-order valence-corrected chi connectivity index (χ0v) is 10.4. The highest BCUT2D eigenvalue weighted by atomic mass is 79.9. The largest absolute Gasteiger partial charge is 0.508 e. The van der Waals surface area contributed by atoms with Crippen LogP contribution in [0.5, 0.6) is 5.75 Å². The fourth-order valence-electron chi connectivity index (χ4n) is 1.51. The van der Waals surface area contributed by atoms with Crippen LogP contribution in [0.25, 0.3) is 0 Å². The van der Waals surface area contributed by atoms with Gasteiger partial charge in [-0.05, 0) is 42.5 Å². The first-order chi connectivity index (χ1) is 8.08. The van der Waals surface area contributed by atoms with Crippen molar-refractivity contribution in [3.63, 3.8) is 0 Å². The van der Waals surface area contributed by atoms with Gasteiger partial charge in [0, 0.05) is 21.3 Å². The number of nitrogen functional groups attached to an aromatic ring is 1. The van der Waals surface area contributed by atoms with Crippen molar-refractivity contribution in [2.24, 2.45) is 0 Å². The number of rotatable bonds is 2. The number of phenolic OH excluding ortho intramolecular Hbond substituents is 1. The van der Waals surface area contributed by atoms with E-state index in [9.17, 15) is 4.79 Å². The number of nitrogens with two attached hydrogens (primary N) is 1. The number of ketones is 1. The lowest BCUT2D eigenvalue weighted by Crippen LogP contribution is -2.05. The number of hydrogen-bond donors (Lipinski definition) is 2. The summed E-state index contributed by atoms with van der Waals surface area (Å²) in [6.45, 7) is 0. The fraction of sp³-hybridized carbons (Fsp3) is 0. The van der Waals surface area contributed by atoms with Gasteiger partial charge in [-0.25, -0.2) is 0 Å². The molecule has 2 rings (SSSR count). The van der Waals surface area contributed by atoms with Crippen LogP contribution in [0.3, 0.4) is 0 Å². The molecule has 2 aromatic carbocycles. The van der Waals surface area contributed by atoms with E-state index in [4.69, 9.17) is 10.8 Å². The predicted octanol–water partition coefficient (Wildman–Crippen LogP) is 2.97. The number of benzene rings is 2. The molecule has 0 bridgehead atoms. The van der Waals surface area contributed by atoms with Crippen molar-refractivity contribution in [2.45, 2.75) is 0 Å². The molecule has 4 heteroatoms. The maximum absolute atomic E-state index is 12.1. The number of hydrogen-bond acceptors (Lipinski definition) is 3. The summed E-state index contributed by atoms with van der Waals surface area (Å²) in [5, 5.41) is 9.16. The predicted molar refractivity (Wildman–Crippen MR) is 70.1 cm³/mol. The maximum atomic E-state index is 12.1. The molecule has 2 aromatic rings. The second-order valence-corrected chi connectivity index (χ2v) is 4.52. The van der Waals surface area contributed by atoms with E-state index in [1.54, 1.807) is 30.3 Å². The molecule has 0 saturated carbocycles. The third-order valence-corrected chi connectivity index (χ3v) is 2.88. The van der Waals surface area contributed by atoms with Gasteiger partial charge < -0.3 is 10.8 Å². The van der Waals surface area contributed by atoms with Gasteiger partial charge in [0.25, 0.3) is 0 Å². The van der Waals surface area contributed by atoms with Gasteiger partial charge in [-0.2, -0.15) is 0 Å². The van der Waals surface area contributed by atoms with Crippen molar-refractivity contribution in [1.82, 2.24) is 0 Å². The topological polar surface area (TPSA) is 63.3 Å². The van der Waals surface area contributed by atoms with Crippen LogP contribution in [0.2, 0.25) is 0 Å². The van der Waals surface area contributed by atoms with Gasteiger partial charge in [-0.3, -0.25) is 4.79 Å². The number of carbonyl (C=O) groups excluding carboxylic acids is 1. The quantitative estimate of drug-likeness (QED) is 0.660. The second kappa shape index (κ2) is 4.59. The molecule has 86 valence electrons. The minimum Gasteiger partial charge on any atom is -0.508 e. The van der Waals surface area contributed by atoms with Gasteiger partial charge in [0.2, 0.25) is 0 Å². The molecule has 0 aliphatic heterocycles. The Labute approximate surface area is 107 Å². The monoisotopic (exact) mass is 291 g/mol. The van der Waals surface area contributed by atoms with Crippen molar-refractivity contribution in [3.05, 3.63) is 58.1 Å². The molecular weight excluding hydrogens is 282 g/mol. The molecule has 17 heavy (non-hydrogen) atoms. The molecule has 0 atom stereocenters. The lowest BCUT2D eigenvalue weighted by Gasteiger charge is -2.05. The van der Waals surface area contributed by atoms with Crippen molar-refractivity contribution in [1.29, 1.82) is 0 Å². The summed E-state index contributed by atoms with van der Waals surface area (Å²) in [5.41, 5.74) is 7.17. The molecule has 0 aromatic heterocycles. The first-order valence-corrected chi connectivity index (χ1v) is 5.76. The molecule has 0 aliphatic carbocycles. The van der Waals surface area contributed by atoms with E-state index in [0.717, 1.165) is 4.47 Å². The molecule has 3 N–H and O–H groups in total. The number of halogens is 1. The Morgan fingerprint density at radius 2 is 1.76 bits per heavy atom. The van der Waals surface area contributed by atoms with E-state index in [-0.39, 0.29) is 11.5 Å². The SMILES string of the molecule is Nc1cc(Br)ccc1C(=O)c1ccc(O)cc1. The smallest absolute Gasteiger partial charge is 0.195 e. The molecule has 0 aliphatic rings. The van der Waals surface area contributed by atoms with Gasteiger partial charge in [-0.1, -0.05) is 15.9 Å². The average Bonchev–Trinajstić information content (AvgIpc) is 2.29. The molecule has 0 unspecified atom stereocenters. The highest BCUT2D eigenvalue weighted by Gasteiger charge is 2.12. The molecule has 0 saturated heterocycles. The maximum Gasteiger partial charge on any atom is 0.195 e. The van der Waals surface area contributed by atoms with Crippen molar-refractivity contribution in [3.8, 4) is 5.75 Å². The summed E-state index contributed by atoms with van der Waals surface area (Å²) in [7, 11) is 0. The summed E-state index contributed by atoms with van der Waals surface area (Å²) in [5.74, 6) is -0.0275. The Balaban J connectivity index is 2.40. The van der Waals surface area contributed by atoms with Gasteiger partial charge >= 0.3 is 0 Å². The molecule has 0 fully saturated rings. The summed E-state index contributed by atoms with van der Waals surface area (Å²) < 4.78 is 0.831. The molecule has 0 heterocycles. The summed E-state index contributed by atoms with van der Waals surface area (Å²) in [4.78, 5) is 12.1. The molecule has 3 nitrogen and oxygen atoms in total. The first kappa shape index (κ1) is 11.7. The van der Waals surface area contributed by atoms with E-state index in [1.807, 2.05) is 0 Å². The Kier molecular flexibility index (Phi) is 3.15. The number of aromatic hydroxyl groups is 1. The third-order valence-electron chi connectivity index (χ3n) is 2.39. The summed E-state index contributed by atoms with van der Waals surface area (Å²) >= 11 is 3.29. The van der Waals surface area contributed by atoms with Crippen molar-refractivity contribution >= 4 is 27.4 Å². The lowest BCUT2D eigenvalue weighted by atomic mass is 10.0. The van der Waals surface area contributed by atoms with Crippen LogP contribution in [0.4, 0.5) is 5.69 Å². The van der Waals surface area contributed by atoms with Gasteiger partial charge in [0.15, 0.2) is 5.78 Å².